The van der Waals surface area contributed by atoms with Gasteiger partial charge < -0.3 is 4.98 Å². The van der Waals surface area contributed by atoms with Gasteiger partial charge in [-0.25, -0.2) is 0 Å². The molecular formula is C14H17BrN2. The van der Waals surface area contributed by atoms with Crippen LogP contribution < -0.4 is 0 Å². The largest absolute Gasteiger partial charge is 0.358 e. The lowest BCUT2D eigenvalue weighted by Gasteiger charge is -1.91. The SMILES string of the molecule is CCc1[nH]c2ccccc2c1C.N#CCCBr. The molecule has 0 unspecified atom stereocenters. The Morgan fingerprint density at radius 2 is 2.06 bits per heavy atom. The Labute approximate surface area is 111 Å². The number of aromatic nitrogens is 1. The van der Waals surface area contributed by atoms with Crippen LogP contribution in [0.3, 0.4) is 0 Å². The van der Waals surface area contributed by atoms with E-state index in [0.717, 1.165) is 11.8 Å². The summed E-state index contributed by atoms with van der Waals surface area (Å²) < 4.78 is 0. The third kappa shape index (κ3) is 3.61. The van der Waals surface area contributed by atoms with Crippen molar-refractivity contribution in [3.63, 3.8) is 0 Å². The van der Waals surface area contributed by atoms with Crippen LogP contribution in [0, 0.1) is 18.3 Å². The molecule has 0 aliphatic rings. The summed E-state index contributed by atoms with van der Waals surface area (Å²) >= 11 is 3.09. The van der Waals surface area contributed by atoms with Gasteiger partial charge >= 0.3 is 0 Å². The molecule has 0 fully saturated rings. The van der Waals surface area contributed by atoms with Gasteiger partial charge in [-0.15, -0.1) is 0 Å². The monoisotopic (exact) mass is 292 g/mol. The molecule has 17 heavy (non-hydrogen) atoms. The Morgan fingerprint density at radius 3 is 2.53 bits per heavy atom. The van der Waals surface area contributed by atoms with E-state index in [-0.39, 0.29) is 0 Å². The standard InChI is InChI=1S/C11H13N.C3H4BrN/c1-3-10-8(2)9-6-4-5-7-11(9)12-10;4-2-1-3-5/h4-7,12H,3H2,1-2H3;1-2H2. The first-order valence-corrected chi connectivity index (χ1v) is 6.85. The van der Waals surface area contributed by atoms with Crippen molar-refractivity contribution in [3.05, 3.63) is 35.5 Å². The fourth-order valence-electron chi connectivity index (χ4n) is 1.73. The number of alkyl halides is 1. The van der Waals surface area contributed by atoms with Crippen molar-refractivity contribution in [1.29, 1.82) is 5.26 Å². The second kappa shape index (κ2) is 7.13. The summed E-state index contributed by atoms with van der Waals surface area (Å²) in [5, 5.41) is 9.94. The molecule has 0 aliphatic heterocycles. The van der Waals surface area contributed by atoms with Crippen LogP contribution in [-0.4, -0.2) is 10.3 Å². The number of hydrogen-bond acceptors (Lipinski definition) is 1. The molecule has 1 aromatic heterocycles. The van der Waals surface area contributed by atoms with Gasteiger partial charge in [0.25, 0.3) is 0 Å². The van der Waals surface area contributed by atoms with Crippen molar-refractivity contribution in [1.82, 2.24) is 4.98 Å². The third-order valence-corrected chi connectivity index (χ3v) is 3.03. The van der Waals surface area contributed by atoms with E-state index in [1.54, 1.807) is 0 Å². The highest BCUT2D eigenvalue weighted by molar-refractivity contribution is 9.09. The maximum atomic E-state index is 7.79. The second-order valence-corrected chi connectivity index (χ2v) is 4.52. The fourth-order valence-corrected chi connectivity index (χ4v) is 1.91. The molecule has 0 amide bonds. The van der Waals surface area contributed by atoms with E-state index in [4.69, 9.17) is 5.26 Å². The van der Waals surface area contributed by atoms with E-state index < -0.39 is 0 Å². The first kappa shape index (κ1) is 13.8. The minimum atomic E-state index is 0.611. The van der Waals surface area contributed by atoms with Gasteiger partial charge in [-0.3, -0.25) is 0 Å². The Kier molecular flexibility index (Phi) is 5.79. The lowest BCUT2D eigenvalue weighted by atomic mass is 10.1. The second-order valence-electron chi connectivity index (χ2n) is 3.72. The van der Waals surface area contributed by atoms with E-state index in [9.17, 15) is 0 Å². The summed E-state index contributed by atoms with van der Waals surface area (Å²) in [7, 11) is 0. The number of aromatic amines is 1. The van der Waals surface area contributed by atoms with E-state index in [1.165, 1.54) is 22.2 Å². The van der Waals surface area contributed by atoms with E-state index in [0.29, 0.717) is 6.42 Å². The maximum absolute atomic E-state index is 7.79. The molecule has 3 heteroatoms. The smallest absolute Gasteiger partial charge is 0.0630 e. The van der Waals surface area contributed by atoms with Gasteiger partial charge in [0.15, 0.2) is 0 Å². The number of halogens is 1. The summed E-state index contributed by atoms with van der Waals surface area (Å²) in [6.45, 7) is 4.36. The lowest BCUT2D eigenvalue weighted by molar-refractivity contribution is 1.05. The lowest BCUT2D eigenvalue weighted by Crippen LogP contribution is -1.80. The number of nitrogens with one attached hydrogen (secondary N) is 1. The molecule has 0 saturated carbocycles. The van der Waals surface area contributed by atoms with Gasteiger partial charge in [-0.2, -0.15) is 5.26 Å². The van der Waals surface area contributed by atoms with Crippen LogP contribution in [0.1, 0.15) is 24.6 Å². The minimum Gasteiger partial charge on any atom is -0.358 e. The van der Waals surface area contributed by atoms with Crippen LogP contribution in [-0.2, 0) is 6.42 Å². The molecule has 2 aromatic rings. The van der Waals surface area contributed by atoms with Crippen molar-refractivity contribution in [2.24, 2.45) is 0 Å². The molecule has 90 valence electrons. The molecule has 2 rings (SSSR count). The zero-order valence-corrected chi connectivity index (χ0v) is 11.8. The fraction of sp³-hybridized carbons (Fsp3) is 0.357. The van der Waals surface area contributed by atoms with Gasteiger partial charge in [-0.05, 0) is 25.0 Å². The number of benzene rings is 1. The molecule has 0 spiro atoms. The van der Waals surface area contributed by atoms with Gasteiger partial charge in [0.05, 0.1) is 6.07 Å². The molecule has 1 heterocycles. The average molecular weight is 293 g/mol. The maximum Gasteiger partial charge on any atom is 0.0630 e. The third-order valence-electron chi connectivity index (χ3n) is 2.63. The zero-order chi connectivity index (χ0) is 12.7. The summed E-state index contributed by atoms with van der Waals surface area (Å²) in [6.07, 6.45) is 1.69. The quantitative estimate of drug-likeness (QED) is 0.822. The number of para-hydroxylation sites is 1. The van der Waals surface area contributed by atoms with Crippen molar-refractivity contribution >= 4 is 26.8 Å². The Bertz CT molecular complexity index is 508. The van der Waals surface area contributed by atoms with E-state index in [2.05, 4.69) is 59.0 Å². The highest BCUT2D eigenvalue weighted by Crippen LogP contribution is 2.21. The first-order chi connectivity index (χ1) is 8.24. The van der Waals surface area contributed by atoms with Crippen LogP contribution in [0.15, 0.2) is 24.3 Å². The normalized spacial score (nSPS) is 9.53. The van der Waals surface area contributed by atoms with E-state index >= 15 is 0 Å². The van der Waals surface area contributed by atoms with Crippen LogP contribution >= 0.6 is 15.9 Å². The van der Waals surface area contributed by atoms with Crippen molar-refractivity contribution in [2.75, 3.05) is 5.33 Å². The number of fused-ring (bicyclic) bond motifs is 1. The van der Waals surface area contributed by atoms with Crippen molar-refractivity contribution in [2.45, 2.75) is 26.7 Å². The topological polar surface area (TPSA) is 39.6 Å². The highest BCUT2D eigenvalue weighted by Gasteiger charge is 2.03. The number of nitrogens with zero attached hydrogens (tertiary/aromatic N) is 1. The molecule has 0 atom stereocenters. The van der Waals surface area contributed by atoms with Crippen LogP contribution in [0.2, 0.25) is 0 Å². The van der Waals surface area contributed by atoms with E-state index in [1.807, 2.05) is 6.07 Å². The molecule has 1 aromatic carbocycles. The average Bonchev–Trinajstić information content (AvgIpc) is 2.69. The number of aryl methyl sites for hydroxylation is 2. The predicted octanol–water partition coefficient (Wildman–Crippen LogP) is 4.33. The molecule has 1 N–H and O–H groups in total. The Hall–Kier alpha value is -1.27. The summed E-state index contributed by atoms with van der Waals surface area (Å²) in [4.78, 5) is 3.41. The van der Waals surface area contributed by atoms with Crippen molar-refractivity contribution in [3.8, 4) is 6.07 Å². The zero-order valence-electron chi connectivity index (χ0n) is 10.3. The van der Waals surface area contributed by atoms with Crippen LogP contribution in [0.5, 0.6) is 0 Å². The van der Waals surface area contributed by atoms with Crippen molar-refractivity contribution < 1.29 is 0 Å². The number of hydrogen-bond donors (Lipinski definition) is 1. The predicted molar refractivity (Wildman–Crippen MR) is 76.4 cm³/mol. The number of rotatable bonds is 2. The molecule has 0 bridgehead atoms. The number of H-pyrrole nitrogens is 1. The minimum absolute atomic E-state index is 0.611. The van der Waals surface area contributed by atoms with Gasteiger partial charge in [-0.1, -0.05) is 41.1 Å². The summed E-state index contributed by atoms with van der Waals surface area (Å²) in [6, 6.07) is 10.4. The Balaban J connectivity index is 0.000000249. The van der Waals surface area contributed by atoms with Gasteiger partial charge in [0.1, 0.15) is 0 Å². The summed E-state index contributed by atoms with van der Waals surface area (Å²) in [5.41, 5.74) is 4.01. The molecule has 0 radical (unpaired) electrons. The van der Waals surface area contributed by atoms with Gasteiger partial charge in [0.2, 0.25) is 0 Å². The first-order valence-electron chi connectivity index (χ1n) is 5.73. The summed E-state index contributed by atoms with van der Waals surface area (Å²) in [5.74, 6) is 0. The Morgan fingerprint density at radius 1 is 1.35 bits per heavy atom. The van der Waals surface area contributed by atoms with Gasteiger partial charge in [0, 0.05) is 28.3 Å². The number of nitriles is 1. The van der Waals surface area contributed by atoms with Crippen LogP contribution in [0.25, 0.3) is 10.9 Å². The van der Waals surface area contributed by atoms with Crippen LogP contribution in [0.4, 0.5) is 0 Å². The molecule has 0 aliphatic carbocycles. The molecular weight excluding hydrogens is 276 g/mol. The molecule has 2 nitrogen and oxygen atoms in total. The molecule has 0 saturated heterocycles. The highest BCUT2D eigenvalue weighted by atomic mass is 79.9.